The lowest BCUT2D eigenvalue weighted by atomic mass is 10.1. The van der Waals surface area contributed by atoms with Gasteiger partial charge in [0.2, 0.25) is 11.8 Å². The van der Waals surface area contributed by atoms with Gasteiger partial charge in [-0.1, -0.05) is 19.1 Å². The van der Waals surface area contributed by atoms with Gasteiger partial charge in [0.05, 0.1) is 24.0 Å². The molecule has 2 rings (SSSR count). The van der Waals surface area contributed by atoms with Crippen molar-refractivity contribution >= 4 is 23.2 Å². The molecule has 1 aliphatic heterocycles. The number of para-hydroxylation sites is 1. The van der Waals surface area contributed by atoms with E-state index in [0.717, 1.165) is 5.56 Å². The van der Waals surface area contributed by atoms with E-state index in [9.17, 15) is 9.59 Å². The van der Waals surface area contributed by atoms with Crippen molar-refractivity contribution in [2.45, 2.75) is 26.3 Å². The molecule has 1 heterocycles. The topological polar surface area (TPSA) is 87.5 Å². The average Bonchev–Trinajstić information content (AvgIpc) is 2.43. The van der Waals surface area contributed by atoms with Gasteiger partial charge < -0.3 is 16.4 Å². The van der Waals surface area contributed by atoms with E-state index in [2.05, 4.69) is 10.6 Å². The number of amides is 2. The molecule has 1 unspecified atom stereocenters. The summed E-state index contributed by atoms with van der Waals surface area (Å²) in [6, 6.07) is 5.27. The van der Waals surface area contributed by atoms with E-state index in [0.29, 0.717) is 30.9 Å². The molecule has 0 spiro atoms. The normalized spacial score (nSPS) is 19.1. The van der Waals surface area contributed by atoms with Gasteiger partial charge in [0.25, 0.3) is 0 Å². The van der Waals surface area contributed by atoms with Gasteiger partial charge in [-0.2, -0.15) is 0 Å². The molecule has 0 radical (unpaired) electrons. The number of nitrogens with two attached hydrogens (primary N) is 1. The predicted molar refractivity (Wildman–Crippen MR) is 82.9 cm³/mol. The van der Waals surface area contributed by atoms with E-state index in [1.807, 2.05) is 30.9 Å². The number of nitrogen functional groups attached to an aromatic ring is 1. The Morgan fingerprint density at radius 3 is 2.95 bits per heavy atom. The number of anilines is 2. The number of rotatable bonds is 4. The molecule has 1 aromatic rings. The highest BCUT2D eigenvalue weighted by Crippen LogP contribution is 2.22. The molecule has 6 heteroatoms. The molecule has 0 saturated carbocycles. The van der Waals surface area contributed by atoms with Crippen LogP contribution < -0.4 is 16.4 Å². The van der Waals surface area contributed by atoms with Crippen molar-refractivity contribution < 1.29 is 9.59 Å². The molecule has 114 valence electrons. The zero-order chi connectivity index (χ0) is 15.4. The first-order valence-corrected chi connectivity index (χ1v) is 7.19. The molecule has 2 amide bonds. The summed E-state index contributed by atoms with van der Waals surface area (Å²) < 4.78 is 0. The van der Waals surface area contributed by atoms with Crippen LogP contribution in [0.4, 0.5) is 11.4 Å². The fraction of sp³-hybridized carbons (Fsp3) is 0.467. The zero-order valence-electron chi connectivity index (χ0n) is 12.5. The summed E-state index contributed by atoms with van der Waals surface area (Å²) in [7, 11) is 0. The molecule has 1 atom stereocenters. The van der Waals surface area contributed by atoms with E-state index in [1.165, 1.54) is 0 Å². The van der Waals surface area contributed by atoms with Crippen molar-refractivity contribution in [3.8, 4) is 0 Å². The summed E-state index contributed by atoms with van der Waals surface area (Å²) in [5.41, 5.74) is 8.01. The molecule has 0 aromatic heterocycles. The second-order valence-corrected chi connectivity index (χ2v) is 5.27. The van der Waals surface area contributed by atoms with E-state index >= 15 is 0 Å². The number of carbonyl (C=O) groups is 2. The van der Waals surface area contributed by atoms with Crippen LogP contribution >= 0.6 is 0 Å². The Morgan fingerprint density at radius 1 is 1.52 bits per heavy atom. The Bertz CT molecular complexity index is 524. The Hall–Kier alpha value is -2.08. The molecule has 1 aliphatic rings. The van der Waals surface area contributed by atoms with Crippen LogP contribution in [0, 0.1) is 6.92 Å². The third kappa shape index (κ3) is 3.52. The largest absolute Gasteiger partial charge is 0.397 e. The third-order valence-corrected chi connectivity index (χ3v) is 3.74. The van der Waals surface area contributed by atoms with Gasteiger partial charge in [0, 0.05) is 13.1 Å². The van der Waals surface area contributed by atoms with Crippen molar-refractivity contribution in [2.24, 2.45) is 0 Å². The first kappa shape index (κ1) is 15.3. The summed E-state index contributed by atoms with van der Waals surface area (Å²) >= 11 is 0. The van der Waals surface area contributed by atoms with E-state index in [1.54, 1.807) is 6.07 Å². The summed E-state index contributed by atoms with van der Waals surface area (Å²) in [4.78, 5) is 25.9. The first-order valence-electron chi connectivity index (χ1n) is 7.19. The third-order valence-electron chi connectivity index (χ3n) is 3.74. The van der Waals surface area contributed by atoms with Crippen molar-refractivity contribution in [1.29, 1.82) is 0 Å². The first-order chi connectivity index (χ1) is 10.0. The van der Waals surface area contributed by atoms with Crippen LogP contribution in [0.25, 0.3) is 0 Å². The van der Waals surface area contributed by atoms with Gasteiger partial charge in [-0.25, -0.2) is 0 Å². The summed E-state index contributed by atoms with van der Waals surface area (Å²) in [5, 5.41) is 5.67. The second-order valence-electron chi connectivity index (χ2n) is 5.27. The number of hydrogen-bond acceptors (Lipinski definition) is 4. The minimum absolute atomic E-state index is 0.00745. The molecule has 21 heavy (non-hydrogen) atoms. The predicted octanol–water partition coefficient (Wildman–Crippen LogP) is 0.726. The van der Waals surface area contributed by atoms with Gasteiger partial charge in [-0.05, 0) is 25.0 Å². The van der Waals surface area contributed by atoms with Crippen molar-refractivity contribution in [1.82, 2.24) is 10.2 Å². The Morgan fingerprint density at radius 2 is 2.29 bits per heavy atom. The van der Waals surface area contributed by atoms with Gasteiger partial charge in [0.15, 0.2) is 0 Å². The van der Waals surface area contributed by atoms with Gasteiger partial charge in [-0.3, -0.25) is 14.5 Å². The molecule has 6 nitrogen and oxygen atoms in total. The lowest BCUT2D eigenvalue weighted by Crippen LogP contribution is -2.56. The van der Waals surface area contributed by atoms with Crippen LogP contribution in [0.1, 0.15) is 18.9 Å². The molecule has 0 aliphatic carbocycles. The number of piperazine rings is 1. The average molecular weight is 290 g/mol. The van der Waals surface area contributed by atoms with Gasteiger partial charge >= 0.3 is 0 Å². The zero-order valence-corrected chi connectivity index (χ0v) is 12.5. The van der Waals surface area contributed by atoms with E-state index < -0.39 is 0 Å². The number of carbonyl (C=O) groups excluding carboxylic acids is 2. The molecular formula is C15H22N4O2. The van der Waals surface area contributed by atoms with Crippen molar-refractivity contribution in [3.63, 3.8) is 0 Å². The van der Waals surface area contributed by atoms with E-state index in [-0.39, 0.29) is 24.4 Å². The molecule has 0 bridgehead atoms. The van der Waals surface area contributed by atoms with Crippen molar-refractivity contribution in [2.75, 3.05) is 30.7 Å². The van der Waals surface area contributed by atoms with Gasteiger partial charge in [0.1, 0.15) is 0 Å². The van der Waals surface area contributed by atoms with Crippen LogP contribution in [0.5, 0.6) is 0 Å². The van der Waals surface area contributed by atoms with Crippen LogP contribution in [-0.2, 0) is 9.59 Å². The molecule has 4 N–H and O–H groups in total. The smallest absolute Gasteiger partial charge is 0.238 e. The number of nitrogens with zero attached hydrogens (tertiary/aromatic N) is 1. The number of aryl methyl sites for hydroxylation is 1. The lowest BCUT2D eigenvalue weighted by Gasteiger charge is -2.33. The highest BCUT2D eigenvalue weighted by molar-refractivity contribution is 5.96. The fourth-order valence-electron chi connectivity index (χ4n) is 2.62. The maximum absolute atomic E-state index is 12.2. The summed E-state index contributed by atoms with van der Waals surface area (Å²) in [5.74, 6) is -0.156. The van der Waals surface area contributed by atoms with E-state index in [4.69, 9.17) is 5.73 Å². The fourth-order valence-corrected chi connectivity index (χ4v) is 2.62. The minimum Gasteiger partial charge on any atom is -0.397 e. The van der Waals surface area contributed by atoms with Gasteiger partial charge in [-0.15, -0.1) is 0 Å². The highest BCUT2D eigenvalue weighted by Gasteiger charge is 2.29. The number of hydrogen-bond donors (Lipinski definition) is 3. The summed E-state index contributed by atoms with van der Waals surface area (Å²) in [6.45, 7) is 5.30. The highest BCUT2D eigenvalue weighted by atomic mass is 16.2. The van der Waals surface area contributed by atoms with Crippen LogP contribution in [-0.4, -0.2) is 42.4 Å². The van der Waals surface area contributed by atoms with Crippen LogP contribution in [0.3, 0.4) is 0 Å². The molecule has 1 aromatic carbocycles. The standard InChI is InChI=1S/C15H22N4O2/c1-3-12-15(21)17-7-8-19(12)9-13(20)18-14-10(2)5-4-6-11(14)16/h4-6,12H,3,7-9,16H2,1-2H3,(H,17,21)(H,18,20). The molecule has 1 fully saturated rings. The maximum atomic E-state index is 12.2. The number of nitrogens with one attached hydrogen (secondary N) is 2. The monoisotopic (exact) mass is 290 g/mol. The number of benzene rings is 1. The van der Waals surface area contributed by atoms with Crippen LogP contribution in [0.2, 0.25) is 0 Å². The Kier molecular flexibility index (Phi) is 4.80. The van der Waals surface area contributed by atoms with Crippen molar-refractivity contribution in [3.05, 3.63) is 23.8 Å². The Balaban J connectivity index is 2.03. The molecular weight excluding hydrogens is 268 g/mol. The van der Waals surface area contributed by atoms with Crippen LogP contribution in [0.15, 0.2) is 18.2 Å². The Labute approximate surface area is 124 Å². The maximum Gasteiger partial charge on any atom is 0.238 e. The second kappa shape index (κ2) is 6.58. The molecule has 1 saturated heterocycles. The quantitative estimate of drug-likeness (QED) is 0.713. The minimum atomic E-state index is -0.237. The SMILES string of the molecule is CCC1C(=O)NCCN1CC(=O)Nc1c(C)cccc1N. The lowest BCUT2D eigenvalue weighted by molar-refractivity contribution is -0.130. The summed E-state index contributed by atoms with van der Waals surface area (Å²) in [6.07, 6.45) is 0.686.